The van der Waals surface area contributed by atoms with Gasteiger partial charge in [0.1, 0.15) is 0 Å². The zero-order valence-corrected chi connectivity index (χ0v) is 12.8. The van der Waals surface area contributed by atoms with Crippen LogP contribution in [0.15, 0.2) is 18.2 Å². The van der Waals surface area contributed by atoms with Crippen LogP contribution >= 0.6 is 0 Å². The van der Waals surface area contributed by atoms with Crippen LogP contribution in [0.4, 0.5) is 5.69 Å². The number of carbonyl (C=O) groups excluding carboxylic acids is 1. The van der Waals surface area contributed by atoms with Crippen LogP contribution in [0.3, 0.4) is 0 Å². The summed E-state index contributed by atoms with van der Waals surface area (Å²) in [6.07, 6.45) is 5.09. The number of anilines is 1. The molecule has 110 valence electrons. The first kappa shape index (κ1) is 14.9. The van der Waals surface area contributed by atoms with Gasteiger partial charge in [0.05, 0.1) is 0 Å². The lowest BCUT2D eigenvalue weighted by Gasteiger charge is -2.17. The normalized spacial score (nSPS) is 21.8. The molecule has 1 aromatic carbocycles. The molecule has 3 heteroatoms. The molecule has 1 aliphatic carbocycles. The Labute approximate surface area is 122 Å². The molecule has 1 aliphatic rings. The van der Waals surface area contributed by atoms with Crippen LogP contribution in [-0.2, 0) is 0 Å². The fourth-order valence-corrected chi connectivity index (χ4v) is 2.98. The summed E-state index contributed by atoms with van der Waals surface area (Å²) in [4.78, 5) is 11.9. The molecule has 3 nitrogen and oxygen atoms in total. The van der Waals surface area contributed by atoms with E-state index in [1.807, 2.05) is 25.1 Å². The Morgan fingerprint density at radius 1 is 1.30 bits per heavy atom. The molecule has 0 radical (unpaired) electrons. The summed E-state index contributed by atoms with van der Waals surface area (Å²) >= 11 is 0. The van der Waals surface area contributed by atoms with Crippen molar-refractivity contribution in [3.8, 4) is 0 Å². The number of aryl methyl sites for hydroxylation is 1. The van der Waals surface area contributed by atoms with Crippen LogP contribution in [0.2, 0.25) is 0 Å². The third kappa shape index (κ3) is 3.53. The van der Waals surface area contributed by atoms with Gasteiger partial charge in [0, 0.05) is 23.8 Å². The Morgan fingerprint density at radius 2 is 2.10 bits per heavy atom. The molecule has 0 saturated heterocycles. The van der Waals surface area contributed by atoms with Crippen LogP contribution in [0.1, 0.15) is 55.5 Å². The topological polar surface area (TPSA) is 41.1 Å². The van der Waals surface area contributed by atoms with Gasteiger partial charge in [-0.2, -0.15) is 0 Å². The first-order valence-corrected chi connectivity index (χ1v) is 7.79. The average molecular weight is 274 g/mol. The first-order valence-electron chi connectivity index (χ1n) is 7.79. The third-order valence-electron chi connectivity index (χ3n) is 4.32. The van der Waals surface area contributed by atoms with Crippen molar-refractivity contribution in [3.63, 3.8) is 0 Å². The van der Waals surface area contributed by atoms with E-state index in [1.165, 1.54) is 31.2 Å². The van der Waals surface area contributed by atoms with E-state index in [-0.39, 0.29) is 5.91 Å². The maximum absolute atomic E-state index is 11.9. The van der Waals surface area contributed by atoms with Crippen LogP contribution in [0, 0.1) is 12.8 Å². The molecule has 1 amide bonds. The number of hydrogen-bond acceptors (Lipinski definition) is 2. The minimum atomic E-state index is 0.00778. The molecule has 0 aliphatic heterocycles. The number of carbonyl (C=O) groups is 1. The molecule has 0 spiro atoms. The molecule has 0 aromatic heterocycles. The Hall–Kier alpha value is -1.51. The van der Waals surface area contributed by atoms with Gasteiger partial charge in [-0.1, -0.05) is 19.4 Å². The highest BCUT2D eigenvalue weighted by Crippen LogP contribution is 2.31. The predicted octanol–water partition coefficient (Wildman–Crippen LogP) is 3.74. The van der Waals surface area contributed by atoms with Gasteiger partial charge in [-0.25, -0.2) is 0 Å². The summed E-state index contributed by atoms with van der Waals surface area (Å²) in [6.45, 7) is 6.97. The monoisotopic (exact) mass is 274 g/mol. The van der Waals surface area contributed by atoms with E-state index in [9.17, 15) is 4.79 Å². The molecule has 20 heavy (non-hydrogen) atoms. The van der Waals surface area contributed by atoms with Crippen molar-refractivity contribution in [2.75, 3.05) is 11.9 Å². The Balaban J connectivity index is 2.07. The summed E-state index contributed by atoms with van der Waals surface area (Å²) in [5, 5.41) is 6.48. The Kier molecular flexibility index (Phi) is 5.05. The summed E-state index contributed by atoms with van der Waals surface area (Å²) in [7, 11) is 0. The highest BCUT2D eigenvalue weighted by atomic mass is 16.1. The fourth-order valence-electron chi connectivity index (χ4n) is 2.98. The van der Waals surface area contributed by atoms with Crippen LogP contribution < -0.4 is 10.6 Å². The molecule has 2 atom stereocenters. The van der Waals surface area contributed by atoms with Gasteiger partial charge in [0.15, 0.2) is 0 Å². The molecular formula is C17H26N2O. The van der Waals surface area contributed by atoms with Crippen LogP contribution in [0.5, 0.6) is 0 Å². The highest BCUT2D eigenvalue weighted by Gasteiger charge is 2.23. The van der Waals surface area contributed by atoms with Gasteiger partial charge in [-0.05, 0) is 56.7 Å². The van der Waals surface area contributed by atoms with Crippen LogP contribution in [0.25, 0.3) is 0 Å². The predicted molar refractivity (Wildman–Crippen MR) is 84.2 cm³/mol. The van der Waals surface area contributed by atoms with E-state index in [2.05, 4.69) is 24.5 Å². The fraction of sp³-hybridized carbons (Fsp3) is 0.588. The number of nitrogens with one attached hydrogen (secondary N) is 2. The molecule has 1 fully saturated rings. The number of hydrogen-bond donors (Lipinski definition) is 2. The molecule has 2 N–H and O–H groups in total. The van der Waals surface area contributed by atoms with Gasteiger partial charge in [-0.15, -0.1) is 0 Å². The van der Waals surface area contributed by atoms with Crippen molar-refractivity contribution in [1.82, 2.24) is 5.32 Å². The first-order chi connectivity index (χ1) is 9.63. The third-order valence-corrected chi connectivity index (χ3v) is 4.32. The zero-order chi connectivity index (χ0) is 14.5. The SMILES string of the molecule is CCNC(=O)c1ccc(C)c(NC2CCC(CC)C2)c1. The standard InChI is InChI=1S/C17H26N2O/c1-4-13-7-9-15(10-13)19-16-11-14(8-6-12(16)3)17(20)18-5-2/h6,8,11,13,15,19H,4-5,7,9-10H2,1-3H3,(H,18,20). The van der Waals surface area contributed by atoms with Gasteiger partial charge in [0.2, 0.25) is 0 Å². The maximum Gasteiger partial charge on any atom is 0.251 e. The number of amides is 1. The number of benzene rings is 1. The second-order valence-electron chi connectivity index (χ2n) is 5.82. The van der Waals surface area contributed by atoms with E-state index in [0.717, 1.165) is 17.2 Å². The van der Waals surface area contributed by atoms with Crippen molar-refractivity contribution in [2.24, 2.45) is 5.92 Å². The molecule has 1 saturated carbocycles. The van der Waals surface area contributed by atoms with E-state index in [4.69, 9.17) is 0 Å². The van der Waals surface area contributed by atoms with Gasteiger partial charge >= 0.3 is 0 Å². The molecule has 1 aromatic rings. The molecule has 0 heterocycles. The van der Waals surface area contributed by atoms with Crippen LogP contribution in [-0.4, -0.2) is 18.5 Å². The molecular weight excluding hydrogens is 248 g/mol. The Morgan fingerprint density at radius 3 is 2.75 bits per heavy atom. The lowest BCUT2D eigenvalue weighted by Crippen LogP contribution is -2.23. The van der Waals surface area contributed by atoms with Crippen molar-refractivity contribution in [2.45, 2.75) is 52.5 Å². The molecule has 2 unspecified atom stereocenters. The largest absolute Gasteiger partial charge is 0.382 e. The second kappa shape index (κ2) is 6.78. The summed E-state index contributed by atoms with van der Waals surface area (Å²) in [5.74, 6) is 0.868. The van der Waals surface area contributed by atoms with Gasteiger partial charge in [-0.3, -0.25) is 4.79 Å². The van der Waals surface area contributed by atoms with E-state index in [1.54, 1.807) is 0 Å². The maximum atomic E-state index is 11.9. The van der Waals surface area contributed by atoms with Gasteiger partial charge < -0.3 is 10.6 Å². The summed E-state index contributed by atoms with van der Waals surface area (Å²) in [5.41, 5.74) is 3.05. The lowest BCUT2D eigenvalue weighted by atomic mass is 10.0. The van der Waals surface area contributed by atoms with E-state index < -0.39 is 0 Å². The average Bonchev–Trinajstić information content (AvgIpc) is 2.89. The van der Waals surface area contributed by atoms with E-state index >= 15 is 0 Å². The molecule has 2 rings (SSSR count). The minimum absolute atomic E-state index is 0.00778. The second-order valence-corrected chi connectivity index (χ2v) is 5.82. The summed E-state index contributed by atoms with van der Waals surface area (Å²) in [6, 6.07) is 6.47. The van der Waals surface area contributed by atoms with Crippen molar-refractivity contribution >= 4 is 11.6 Å². The minimum Gasteiger partial charge on any atom is -0.382 e. The van der Waals surface area contributed by atoms with Gasteiger partial charge in [0.25, 0.3) is 5.91 Å². The van der Waals surface area contributed by atoms with Crippen molar-refractivity contribution < 1.29 is 4.79 Å². The highest BCUT2D eigenvalue weighted by molar-refractivity contribution is 5.95. The zero-order valence-electron chi connectivity index (χ0n) is 12.8. The van der Waals surface area contributed by atoms with Crippen molar-refractivity contribution in [1.29, 1.82) is 0 Å². The smallest absolute Gasteiger partial charge is 0.251 e. The number of rotatable bonds is 5. The van der Waals surface area contributed by atoms with Crippen molar-refractivity contribution in [3.05, 3.63) is 29.3 Å². The lowest BCUT2D eigenvalue weighted by molar-refractivity contribution is 0.0956. The van der Waals surface area contributed by atoms with E-state index in [0.29, 0.717) is 12.6 Å². The summed E-state index contributed by atoms with van der Waals surface area (Å²) < 4.78 is 0. The Bertz CT molecular complexity index is 470. The molecule has 0 bridgehead atoms. The quantitative estimate of drug-likeness (QED) is 0.859.